The number of primary amides is 1. The summed E-state index contributed by atoms with van der Waals surface area (Å²) >= 11 is 0. The first-order valence-corrected chi connectivity index (χ1v) is 5.87. The van der Waals surface area contributed by atoms with Crippen molar-refractivity contribution >= 4 is 11.6 Å². The van der Waals surface area contributed by atoms with Gasteiger partial charge in [-0.25, -0.2) is 9.50 Å². The van der Waals surface area contributed by atoms with Crippen LogP contribution in [0.4, 0.5) is 0 Å². The molecule has 0 aliphatic rings. The standard InChI is InChI=1S/C14H12N4O/c1-9-12(14-16-6-3-7-18(14)17-9)10-4-2-5-11(8-10)13(15)19/h2-8H,1H3,(H2,15,19). The van der Waals surface area contributed by atoms with Crippen LogP contribution in [0, 0.1) is 6.92 Å². The summed E-state index contributed by atoms with van der Waals surface area (Å²) in [6.07, 6.45) is 3.56. The van der Waals surface area contributed by atoms with E-state index >= 15 is 0 Å². The molecule has 3 aromatic rings. The van der Waals surface area contributed by atoms with Crippen LogP contribution in [0.3, 0.4) is 0 Å². The van der Waals surface area contributed by atoms with Crippen LogP contribution in [-0.2, 0) is 0 Å². The summed E-state index contributed by atoms with van der Waals surface area (Å²) in [5.41, 5.74) is 9.23. The van der Waals surface area contributed by atoms with Crippen LogP contribution in [0.5, 0.6) is 0 Å². The third kappa shape index (κ3) is 1.85. The van der Waals surface area contributed by atoms with E-state index in [1.807, 2.05) is 25.3 Å². The molecule has 0 aliphatic carbocycles. The molecule has 0 spiro atoms. The van der Waals surface area contributed by atoms with Crippen molar-refractivity contribution in [3.05, 3.63) is 54.0 Å². The maximum absolute atomic E-state index is 11.3. The summed E-state index contributed by atoms with van der Waals surface area (Å²) in [6.45, 7) is 1.92. The average molecular weight is 252 g/mol. The fourth-order valence-electron chi connectivity index (χ4n) is 2.16. The number of rotatable bonds is 2. The number of aryl methyl sites for hydroxylation is 1. The highest BCUT2D eigenvalue weighted by Gasteiger charge is 2.13. The van der Waals surface area contributed by atoms with Gasteiger partial charge in [-0.3, -0.25) is 4.79 Å². The summed E-state index contributed by atoms with van der Waals surface area (Å²) in [7, 11) is 0. The van der Waals surface area contributed by atoms with Gasteiger partial charge in [0, 0.05) is 23.5 Å². The van der Waals surface area contributed by atoms with Crippen LogP contribution < -0.4 is 5.73 Å². The SMILES string of the molecule is Cc1nn2cccnc2c1-c1cccc(C(N)=O)c1. The minimum Gasteiger partial charge on any atom is -0.366 e. The molecule has 0 radical (unpaired) electrons. The molecule has 5 nitrogen and oxygen atoms in total. The van der Waals surface area contributed by atoms with E-state index in [9.17, 15) is 4.79 Å². The molecule has 0 saturated carbocycles. The van der Waals surface area contributed by atoms with Crippen molar-refractivity contribution in [1.82, 2.24) is 14.6 Å². The lowest BCUT2D eigenvalue weighted by Crippen LogP contribution is -2.10. The van der Waals surface area contributed by atoms with Gasteiger partial charge in [-0.15, -0.1) is 0 Å². The molecule has 2 N–H and O–H groups in total. The molecule has 1 aromatic carbocycles. The Morgan fingerprint density at radius 3 is 2.95 bits per heavy atom. The Morgan fingerprint density at radius 2 is 2.16 bits per heavy atom. The first kappa shape index (κ1) is 11.4. The van der Waals surface area contributed by atoms with E-state index in [2.05, 4.69) is 10.1 Å². The average Bonchev–Trinajstić information content (AvgIpc) is 2.74. The maximum Gasteiger partial charge on any atom is 0.248 e. The molecule has 5 heteroatoms. The van der Waals surface area contributed by atoms with Crippen molar-refractivity contribution in [2.75, 3.05) is 0 Å². The zero-order valence-corrected chi connectivity index (χ0v) is 10.4. The first-order chi connectivity index (χ1) is 9.16. The lowest BCUT2D eigenvalue weighted by molar-refractivity contribution is 0.100. The zero-order chi connectivity index (χ0) is 13.4. The van der Waals surface area contributed by atoms with Crippen molar-refractivity contribution in [2.24, 2.45) is 5.73 Å². The minimum atomic E-state index is -0.441. The number of carbonyl (C=O) groups is 1. The van der Waals surface area contributed by atoms with E-state index in [1.165, 1.54) is 0 Å². The number of benzene rings is 1. The lowest BCUT2D eigenvalue weighted by atomic mass is 10.0. The van der Waals surface area contributed by atoms with E-state index in [0.717, 1.165) is 22.5 Å². The summed E-state index contributed by atoms with van der Waals surface area (Å²) in [4.78, 5) is 15.6. The Balaban J connectivity index is 2.27. The van der Waals surface area contributed by atoms with Crippen LogP contribution >= 0.6 is 0 Å². The summed E-state index contributed by atoms with van der Waals surface area (Å²) in [6, 6.07) is 9.01. The molecule has 0 bridgehead atoms. The van der Waals surface area contributed by atoms with E-state index in [-0.39, 0.29) is 0 Å². The highest BCUT2D eigenvalue weighted by atomic mass is 16.1. The second kappa shape index (κ2) is 4.20. The Kier molecular flexibility index (Phi) is 2.52. The zero-order valence-electron chi connectivity index (χ0n) is 10.4. The molecular formula is C14H12N4O. The predicted molar refractivity (Wildman–Crippen MR) is 71.7 cm³/mol. The molecule has 0 fully saturated rings. The largest absolute Gasteiger partial charge is 0.366 e. The molecule has 2 aromatic heterocycles. The van der Waals surface area contributed by atoms with Gasteiger partial charge in [0.25, 0.3) is 0 Å². The van der Waals surface area contributed by atoms with Crippen LogP contribution in [0.15, 0.2) is 42.7 Å². The molecule has 19 heavy (non-hydrogen) atoms. The van der Waals surface area contributed by atoms with Crippen LogP contribution in [-0.4, -0.2) is 20.5 Å². The molecular weight excluding hydrogens is 240 g/mol. The summed E-state index contributed by atoms with van der Waals surface area (Å²) in [5, 5.41) is 4.40. The molecule has 2 heterocycles. The van der Waals surface area contributed by atoms with E-state index in [0.29, 0.717) is 5.56 Å². The highest BCUT2D eigenvalue weighted by Crippen LogP contribution is 2.27. The second-order valence-corrected chi connectivity index (χ2v) is 4.29. The van der Waals surface area contributed by atoms with Crippen molar-refractivity contribution in [3.63, 3.8) is 0 Å². The van der Waals surface area contributed by atoms with Gasteiger partial charge in [-0.1, -0.05) is 12.1 Å². The fourth-order valence-corrected chi connectivity index (χ4v) is 2.16. The van der Waals surface area contributed by atoms with Crippen LogP contribution in [0.2, 0.25) is 0 Å². The quantitative estimate of drug-likeness (QED) is 0.755. The van der Waals surface area contributed by atoms with Crippen molar-refractivity contribution in [2.45, 2.75) is 6.92 Å². The highest BCUT2D eigenvalue weighted by molar-refractivity contribution is 5.95. The molecule has 3 rings (SSSR count). The number of hydrogen-bond acceptors (Lipinski definition) is 3. The van der Waals surface area contributed by atoms with Crippen molar-refractivity contribution < 1.29 is 4.79 Å². The topological polar surface area (TPSA) is 73.3 Å². The second-order valence-electron chi connectivity index (χ2n) is 4.29. The van der Waals surface area contributed by atoms with Crippen LogP contribution in [0.1, 0.15) is 16.1 Å². The van der Waals surface area contributed by atoms with Gasteiger partial charge in [0.05, 0.1) is 5.69 Å². The molecule has 0 unspecified atom stereocenters. The Morgan fingerprint density at radius 1 is 1.32 bits per heavy atom. The third-order valence-corrected chi connectivity index (χ3v) is 3.01. The van der Waals surface area contributed by atoms with E-state index < -0.39 is 5.91 Å². The van der Waals surface area contributed by atoms with Crippen molar-refractivity contribution in [1.29, 1.82) is 0 Å². The van der Waals surface area contributed by atoms with Gasteiger partial charge in [-0.05, 0) is 30.7 Å². The molecule has 94 valence electrons. The van der Waals surface area contributed by atoms with Gasteiger partial charge in [0.2, 0.25) is 5.91 Å². The minimum absolute atomic E-state index is 0.441. The van der Waals surface area contributed by atoms with E-state index in [1.54, 1.807) is 28.9 Å². The molecule has 1 amide bonds. The molecule has 0 saturated heterocycles. The number of aromatic nitrogens is 3. The van der Waals surface area contributed by atoms with Gasteiger partial charge < -0.3 is 5.73 Å². The normalized spacial score (nSPS) is 10.8. The third-order valence-electron chi connectivity index (χ3n) is 3.01. The van der Waals surface area contributed by atoms with Crippen LogP contribution in [0.25, 0.3) is 16.8 Å². The number of fused-ring (bicyclic) bond motifs is 1. The van der Waals surface area contributed by atoms with Crippen molar-refractivity contribution in [3.8, 4) is 11.1 Å². The molecule has 0 atom stereocenters. The Labute approximate surface area is 109 Å². The van der Waals surface area contributed by atoms with E-state index in [4.69, 9.17) is 5.73 Å². The number of carbonyl (C=O) groups excluding carboxylic acids is 1. The predicted octanol–water partition coefficient (Wildman–Crippen LogP) is 1.80. The monoisotopic (exact) mass is 252 g/mol. The number of nitrogens with two attached hydrogens (primary N) is 1. The maximum atomic E-state index is 11.3. The molecule has 0 aliphatic heterocycles. The Hall–Kier alpha value is -2.69. The number of amides is 1. The fraction of sp³-hybridized carbons (Fsp3) is 0.0714. The first-order valence-electron chi connectivity index (χ1n) is 5.87. The number of hydrogen-bond donors (Lipinski definition) is 1. The van der Waals surface area contributed by atoms with Gasteiger partial charge >= 0.3 is 0 Å². The van der Waals surface area contributed by atoms with Gasteiger partial charge in [-0.2, -0.15) is 5.10 Å². The number of nitrogens with zero attached hydrogens (tertiary/aromatic N) is 3. The van der Waals surface area contributed by atoms with Gasteiger partial charge in [0.15, 0.2) is 5.65 Å². The van der Waals surface area contributed by atoms with Gasteiger partial charge in [0.1, 0.15) is 0 Å². The summed E-state index contributed by atoms with van der Waals surface area (Å²) in [5.74, 6) is -0.441. The Bertz CT molecular complexity index is 776. The smallest absolute Gasteiger partial charge is 0.248 e. The summed E-state index contributed by atoms with van der Waals surface area (Å²) < 4.78 is 1.72. The lowest BCUT2D eigenvalue weighted by Gasteiger charge is -2.02.